The van der Waals surface area contributed by atoms with Crippen LogP contribution < -0.4 is 0 Å². The SMILES string of the molecule is CC#CCC1CCC1C(=O)O. The Morgan fingerprint density at radius 1 is 1.64 bits per heavy atom. The van der Waals surface area contributed by atoms with Crippen LogP contribution in [0.25, 0.3) is 0 Å². The summed E-state index contributed by atoms with van der Waals surface area (Å²) in [5.41, 5.74) is 0. The monoisotopic (exact) mass is 152 g/mol. The molecular weight excluding hydrogens is 140 g/mol. The molecule has 1 aliphatic carbocycles. The van der Waals surface area contributed by atoms with Crippen molar-refractivity contribution < 1.29 is 9.90 Å². The number of carboxylic acids is 1. The summed E-state index contributed by atoms with van der Waals surface area (Å²) in [5, 5.41) is 8.65. The molecule has 0 amide bonds. The van der Waals surface area contributed by atoms with E-state index in [0.29, 0.717) is 5.92 Å². The van der Waals surface area contributed by atoms with Crippen molar-refractivity contribution in [2.45, 2.75) is 26.2 Å². The van der Waals surface area contributed by atoms with Crippen LogP contribution in [0.2, 0.25) is 0 Å². The Bertz CT molecular complexity index is 209. The van der Waals surface area contributed by atoms with Gasteiger partial charge in [0.05, 0.1) is 5.92 Å². The summed E-state index contributed by atoms with van der Waals surface area (Å²) in [4.78, 5) is 10.5. The lowest BCUT2D eigenvalue weighted by Crippen LogP contribution is -2.32. The van der Waals surface area contributed by atoms with Crippen LogP contribution in [0.5, 0.6) is 0 Å². The molecule has 2 nitrogen and oxygen atoms in total. The molecule has 2 heteroatoms. The molecule has 11 heavy (non-hydrogen) atoms. The van der Waals surface area contributed by atoms with Crippen molar-refractivity contribution in [1.82, 2.24) is 0 Å². The summed E-state index contributed by atoms with van der Waals surface area (Å²) < 4.78 is 0. The molecule has 0 aliphatic heterocycles. The quantitative estimate of drug-likeness (QED) is 0.609. The summed E-state index contributed by atoms with van der Waals surface area (Å²) in [6.07, 6.45) is 2.63. The maximum atomic E-state index is 10.5. The fourth-order valence-corrected chi connectivity index (χ4v) is 1.37. The standard InChI is InChI=1S/C9H12O2/c1-2-3-4-7-5-6-8(7)9(10)11/h7-8H,4-6H2,1H3,(H,10,11). The average molecular weight is 152 g/mol. The second kappa shape index (κ2) is 3.43. The molecule has 1 N–H and O–H groups in total. The fraction of sp³-hybridized carbons (Fsp3) is 0.667. The molecule has 1 saturated carbocycles. The summed E-state index contributed by atoms with van der Waals surface area (Å²) in [6.45, 7) is 1.79. The lowest BCUT2D eigenvalue weighted by atomic mass is 9.72. The second-order valence-corrected chi connectivity index (χ2v) is 2.91. The van der Waals surface area contributed by atoms with E-state index in [-0.39, 0.29) is 5.92 Å². The Kier molecular flexibility index (Phi) is 2.53. The molecule has 0 radical (unpaired) electrons. The molecule has 60 valence electrons. The van der Waals surface area contributed by atoms with Gasteiger partial charge in [0.25, 0.3) is 0 Å². The number of carboxylic acid groups (broad SMARTS) is 1. The number of aliphatic carboxylic acids is 1. The van der Waals surface area contributed by atoms with E-state index in [4.69, 9.17) is 5.11 Å². The van der Waals surface area contributed by atoms with E-state index >= 15 is 0 Å². The van der Waals surface area contributed by atoms with E-state index in [2.05, 4.69) is 11.8 Å². The van der Waals surface area contributed by atoms with Crippen LogP contribution in [-0.2, 0) is 4.79 Å². The highest BCUT2D eigenvalue weighted by Crippen LogP contribution is 2.36. The lowest BCUT2D eigenvalue weighted by Gasteiger charge is -2.31. The van der Waals surface area contributed by atoms with Crippen molar-refractivity contribution in [3.8, 4) is 11.8 Å². The second-order valence-electron chi connectivity index (χ2n) is 2.91. The van der Waals surface area contributed by atoms with Gasteiger partial charge < -0.3 is 5.11 Å². The van der Waals surface area contributed by atoms with Crippen LogP contribution in [0.15, 0.2) is 0 Å². The third kappa shape index (κ3) is 1.74. The van der Waals surface area contributed by atoms with Crippen LogP contribution >= 0.6 is 0 Å². The smallest absolute Gasteiger partial charge is 0.306 e. The van der Waals surface area contributed by atoms with Crippen molar-refractivity contribution >= 4 is 5.97 Å². The highest BCUT2D eigenvalue weighted by Gasteiger charge is 2.35. The minimum absolute atomic E-state index is 0.115. The van der Waals surface area contributed by atoms with Crippen LogP contribution in [0.4, 0.5) is 0 Å². The van der Waals surface area contributed by atoms with E-state index in [1.165, 1.54) is 0 Å². The molecular formula is C9H12O2. The zero-order valence-electron chi connectivity index (χ0n) is 6.63. The molecule has 0 spiro atoms. The van der Waals surface area contributed by atoms with Crippen molar-refractivity contribution in [2.75, 3.05) is 0 Å². The van der Waals surface area contributed by atoms with Crippen molar-refractivity contribution in [3.05, 3.63) is 0 Å². The third-order valence-electron chi connectivity index (χ3n) is 2.28. The van der Waals surface area contributed by atoms with Gasteiger partial charge >= 0.3 is 5.97 Å². The first-order valence-corrected chi connectivity index (χ1v) is 3.88. The minimum Gasteiger partial charge on any atom is -0.481 e. The van der Waals surface area contributed by atoms with Gasteiger partial charge in [0.15, 0.2) is 0 Å². The number of hydrogen-bond donors (Lipinski definition) is 1. The van der Waals surface area contributed by atoms with Gasteiger partial charge in [-0.05, 0) is 25.7 Å². The highest BCUT2D eigenvalue weighted by atomic mass is 16.4. The number of hydrogen-bond acceptors (Lipinski definition) is 1. The fourth-order valence-electron chi connectivity index (χ4n) is 1.37. The third-order valence-corrected chi connectivity index (χ3v) is 2.28. The first-order valence-electron chi connectivity index (χ1n) is 3.88. The van der Waals surface area contributed by atoms with Crippen LogP contribution in [0.1, 0.15) is 26.2 Å². The number of carbonyl (C=O) groups is 1. The van der Waals surface area contributed by atoms with Gasteiger partial charge in [-0.2, -0.15) is 0 Å². The first kappa shape index (κ1) is 8.13. The van der Waals surface area contributed by atoms with E-state index in [1.807, 2.05) is 0 Å². The topological polar surface area (TPSA) is 37.3 Å². The van der Waals surface area contributed by atoms with E-state index in [1.54, 1.807) is 6.92 Å². The Morgan fingerprint density at radius 3 is 2.73 bits per heavy atom. The van der Waals surface area contributed by atoms with Crippen molar-refractivity contribution in [2.24, 2.45) is 11.8 Å². The van der Waals surface area contributed by atoms with Gasteiger partial charge in [-0.1, -0.05) is 0 Å². The molecule has 0 aromatic heterocycles. The van der Waals surface area contributed by atoms with Crippen molar-refractivity contribution in [3.63, 3.8) is 0 Å². The minimum atomic E-state index is -0.654. The summed E-state index contributed by atoms with van der Waals surface area (Å²) >= 11 is 0. The molecule has 0 aromatic rings. The lowest BCUT2D eigenvalue weighted by molar-refractivity contribution is -0.147. The zero-order valence-corrected chi connectivity index (χ0v) is 6.63. The molecule has 1 fully saturated rings. The predicted molar refractivity (Wildman–Crippen MR) is 41.9 cm³/mol. The molecule has 2 unspecified atom stereocenters. The normalized spacial score (nSPS) is 28.1. The largest absolute Gasteiger partial charge is 0.481 e. The Hall–Kier alpha value is -0.970. The van der Waals surface area contributed by atoms with Gasteiger partial charge in [-0.25, -0.2) is 0 Å². The maximum absolute atomic E-state index is 10.5. The zero-order chi connectivity index (χ0) is 8.27. The van der Waals surface area contributed by atoms with Crippen LogP contribution in [0.3, 0.4) is 0 Å². The summed E-state index contributed by atoms with van der Waals surface area (Å²) in [6, 6.07) is 0. The molecule has 0 heterocycles. The predicted octanol–water partition coefficient (Wildman–Crippen LogP) is 1.51. The van der Waals surface area contributed by atoms with Gasteiger partial charge in [0, 0.05) is 6.42 Å². The highest BCUT2D eigenvalue weighted by molar-refractivity contribution is 5.71. The molecule has 2 atom stereocenters. The molecule has 1 aliphatic rings. The van der Waals surface area contributed by atoms with Gasteiger partial charge in [0.1, 0.15) is 0 Å². The molecule has 0 saturated heterocycles. The van der Waals surface area contributed by atoms with E-state index in [9.17, 15) is 4.79 Å². The average Bonchev–Trinajstić information content (AvgIpc) is 1.84. The Morgan fingerprint density at radius 2 is 2.36 bits per heavy atom. The van der Waals surface area contributed by atoms with E-state index in [0.717, 1.165) is 19.3 Å². The molecule has 0 bridgehead atoms. The van der Waals surface area contributed by atoms with Crippen LogP contribution in [0, 0.1) is 23.7 Å². The first-order chi connectivity index (χ1) is 5.25. The van der Waals surface area contributed by atoms with Crippen molar-refractivity contribution in [1.29, 1.82) is 0 Å². The van der Waals surface area contributed by atoms with Gasteiger partial charge in [-0.15, -0.1) is 11.8 Å². The Labute approximate surface area is 66.6 Å². The number of rotatable bonds is 2. The van der Waals surface area contributed by atoms with Gasteiger partial charge in [-0.3, -0.25) is 4.79 Å². The van der Waals surface area contributed by atoms with E-state index < -0.39 is 5.97 Å². The molecule has 0 aromatic carbocycles. The Balaban J connectivity index is 2.35. The van der Waals surface area contributed by atoms with Gasteiger partial charge in [0.2, 0.25) is 0 Å². The van der Waals surface area contributed by atoms with Crippen LogP contribution in [-0.4, -0.2) is 11.1 Å². The maximum Gasteiger partial charge on any atom is 0.306 e. The summed E-state index contributed by atoms with van der Waals surface area (Å²) in [7, 11) is 0. The molecule has 1 rings (SSSR count). The summed E-state index contributed by atoms with van der Waals surface area (Å²) in [5.74, 6) is 5.26.